The summed E-state index contributed by atoms with van der Waals surface area (Å²) in [7, 11) is 0. The van der Waals surface area contributed by atoms with Gasteiger partial charge in [-0.05, 0) is 46.6 Å². The minimum Gasteiger partial charge on any atom is -0.456 e. The first-order valence-electron chi connectivity index (χ1n) is 5.36. The molecule has 88 valence electrons. The molecule has 4 heteroatoms. The number of aromatic nitrogens is 1. The molecular weight excluding hydrogens is 280 g/mol. The van der Waals surface area contributed by atoms with Gasteiger partial charge in [0, 0.05) is 18.5 Å². The summed E-state index contributed by atoms with van der Waals surface area (Å²) in [6.45, 7) is 0.663. The summed E-state index contributed by atoms with van der Waals surface area (Å²) in [6.07, 6.45) is 4.29. The van der Waals surface area contributed by atoms with Crippen LogP contribution < -0.4 is 10.5 Å². The Kier molecular flexibility index (Phi) is 4.12. The van der Waals surface area contributed by atoms with Crippen LogP contribution in [0.2, 0.25) is 0 Å². The topological polar surface area (TPSA) is 48.1 Å². The number of pyridine rings is 1. The number of ether oxygens (including phenoxy) is 1. The van der Waals surface area contributed by atoms with Crippen LogP contribution in [0, 0.1) is 0 Å². The number of hydrogen-bond acceptors (Lipinski definition) is 3. The van der Waals surface area contributed by atoms with Crippen LogP contribution >= 0.6 is 15.9 Å². The quantitative estimate of drug-likeness (QED) is 0.942. The molecule has 0 atom stereocenters. The maximum atomic E-state index is 5.72. The highest BCUT2D eigenvalue weighted by Crippen LogP contribution is 2.28. The van der Waals surface area contributed by atoms with Gasteiger partial charge in [-0.1, -0.05) is 12.1 Å². The van der Waals surface area contributed by atoms with Crippen LogP contribution in [0.1, 0.15) is 5.56 Å². The first kappa shape index (κ1) is 12.1. The van der Waals surface area contributed by atoms with Crippen LogP contribution in [0.4, 0.5) is 0 Å². The van der Waals surface area contributed by atoms with Gasteiger partial charge in [0.25, 0.3) is 0 Å². The molecule has 0 saturated carbocycles. The second-order valence-electron chi connectivity index (χ2n) is 3.59. The Morgan fingerprint density at radius 1 is 1.18 bits per heavy atom. The molecule has 1 heterocycles. The average Bonchev–Trinajstić information content (AvgIpc) is 2.35. The zero-order valence-electron chi connectivity index (χ0n) is 9.27. The highest BCUT2D eigenvalue weighted by molar-refractivity contribution is 9.10. The molecule has 0 radical (unpaired) electrons. The van der Waals surface area contributed by atoms with Crippen LogP contribution in [0.15, 0.2) is 47.2 Å². The predicted molar refractivity (Wildman–Crippen MR) is 71.2 cm³/mol. The third kappa shape index (κ3) is 3.28. The van der Waals surface area contributed by atoms with Gasteiger partial charge in [0.2, 0.25) is 0 Å². The van der Waals surface area contributed by atoms with Gasteiger partial charge in [-0.15, -0.1) is 0 Å². The van der Waals surface area contributed by atoms with Crippen molar-refractivity contribution < 1.29 is 4.74 Å². The molecule has 0 unspecified atom stereocenters. The number of rotatable bonds is 4. The van der Waals surface area contributed by atoms with Crippen LogP contribution in [0.25, 0.3) is 0 Å². The number of hydrogen-bond donors (Lipinski definition) is 1. The summed E-state index contributed by atoms with van der Waals surface area (Å²) < 4.78 is 6.56. The lowest BCUT2D eigenvalue weighted by atomic mass is 10.1. The van der Waals surface area contributed by atoms with Crippen LogP contribution in [-0.4, -0.2) is 11.5 Å². The maximum absolute atomic E-state index is 5.72. The molecule has 17 heavy (non-hydrogen) atoms. The lowest BCUT2D eigenvalue weighted by molar-refractivity contribution is 0.478. The van der Waals surface area contributed by atoms with Gasteiger partial charge < -0.3 is 10.5 Å². The van der Waals surface area contributed by atoms with Crippen molar-refractivity contribution >= 4 is 15.9 Å². The lowest BCUT2D eigenvalue weighted by Gasteiger charge is -2.07. The molecule has 0 fully saturated rings. The van der Waals surface area contributed by atoms with Gasteiger partial charge in [0.1, 0.15) is 11.5 Å². The van der Waals surface area contributed by atoms with Crippen molar-refractivity contribution in [2.75, 3.05) is 6.54 Å². The van der Waals surface area contributed by atoms with E-state index in [1.807, 2.05) is 30.3 Å². The van der Waals surface area contributed by atoms with Crippen molar-refractivity contribution in [3.63, 3.8) is 0 Å². The Balaban J connectivity index is 2.11. The molecule has 1 aromatic heterocycles. The fourth-order valence-corrected chi connectivity index (χ4v) is 1.79. The molecule has 2 aromatic rings. The SMILES string of the molecule is NCCc1ccc(Oc2ccncc2Br)cc1. The minimum absolute atomic E-state index is 0.663. The fraction of sp³-hybridized carbons (Fsp3) is 0.154. The van der Waals surface area contributed by atoms with Crippen molar-refractivity contribution in [2.24, 2.45) is 5.73 Å². The normalized spacial score (nSPS) is 10.2. The first-order valence-corrected chi connectivity index (χ1v) is 6.15. The monoisotopic (exact) mass is 292 g/mol. The minimum atomic E-state index is 0.663. The van der Waals surface area contributed by atoms with Gasteiger partial charge in [-0.3, -0.25) is 4.98 Å². The molecule has 2 N–H and O–H groups in total. The Morgan fingerprint density at radius 3 is 2.59 bits per heavy atom. The summed E-state index contributed by atoms with van der Waals surface area (Å²) in [5.74, 6) is 1.56. The molecule has 0 spiro atoms. The molecule has 1 aromatic carbocycles. The van der Waals surface area contributed by atoms with Crippen molar-refractivity contribution in [3.8, 4) is 11.5 Å². The van der Waals surface area contributed by atoms with E-state index < -0.39 is 0 Å². The van der Waals surface area contributed by atoms with Gasteiger partial charge in [-0.25, -0.2) is 0 Å². The molecule has 0 aliphatic carbocycles. The van der Waals surface area contributed by atoms with Crippen molar-refractivity contribution in [2.45, 2.75) is 6.42 Å². The largest absolute Gasteiger partial charge is 0.456 e. The van der Waals surface area contributed by atoms with Gasteiger partial charge >= 0.3 is 0 Å². The van der Waals surface area contributed by atoms with Crippen LogP contribution in [0.3, 0.4) is 0 Å². The highest BCUT2D eigenvalue weighted by atomic mass is 79.9. The number of halogens is 1. The zero-order chi connectivity index (χ0) is 12.1. The third-order valence-electron chi connectivity index (χ3n) is 2.32. The van der Waals surface area contributed by atoms with Crippen molar-refractivity contribution in [1.82, 2.24) is 4.98 Å². The summed E-state index contributed by atoms with van der Waals surface area (Å²) in [5.41, 5.74) is 6.71. The van der Waals surface area contributed by atoms with Crippen LogP contribution in [0.5, 0.6) is 11.5 Å². The predicted octanol–water partition coefficient (Wildman–Crippen LogP) is 3.14. The third-order valence-corrected chi connectivity index (χ3v) is 2.91. The molecule has 0 bridgehead atoms. The Morgan fingerprint density at radius 2 is 1.94 bits per heavy atom. The summed E-state index contributed by atoms with van der Waals surface area (Å²) in [5, 5.41) is 0. The van der Waals surface area contributed by atoms with E-state index in [1.165, 1.54) is 5.56 Å². The van der Waals surface area contributed by atoms with E-state index in [9.17, 15) is 0 Å². The highest BCUT2D eigenvalue weighted by Gasteiger charge is 2.01. The standard InChI is InChI=1S/C13H13BrN2O/c14-12-9-16-8-6-13(12)17-11-3-1-10(2-4-11)5-7-15/h1-4,6,8-9H,5,7,15H2. The fourth-order valence-electron chi connectivity index (χ4n) is 1.46. The smallest absolute Gasteiger partial charge is 0.144 e. The van der Waals surface area contributed by atoms with Gasteiger partial charge in [0.05, 0.1) is 4.47 Å². The van der Waals surface area contributed by atoms with E-state index in [0.717, 1.165) is 22.4 Å². The Labute approximate surface area is 109 Å². The van der Waals surface area contributed by atoms with Crippen LogP contribution in [-0.2, 0) is 6.42 Å². The van der Waals surface area contributed by atoms with E-state index in [0.29, 0.717) is 6.54 Å². The average molecular weight is 293 g/mol. The molecule has 0 aliphatic heterocycles. The zero-order valence-corrected chi connectivity index (χ0v) is 10.9. The Bertz CT molecular complexity index is 485. The molecule has 0 saturated heterocycles. The van der Waals surface area contributed by atoms with E-state index in [-0.39, 0.29) is 0 Å². The Hall–Kier alpha value is -1.39. The second-order valence-corrected chi connectivity index (χ2v) is 4.45. The summed E-state index contributed by atoms with van der Waals surface area (Å²) in [6, 6.07) is 9.75. The van der Waals surface area contributed by atoms with E-state index in [4.69, 9.17) is 10.5 Å². The number of nitrogens with two attached hydrogens (primary N) is 1. The number of benzene rings is 1. The van der Waals surface area contributed by atoms with E-state index in [1.54, 1.807) is 12.4 Å². The molecule has 0 aliphatic rings. The number of nitrogens with zero attached hydrogens (tertiary/aromatic N) is 1. The molecule has 3 nitrogen and oxygen atoms in total. The van der Waals surface area contributed by atoms with Gasteiger partial charge in [-0.2, -0.15) is 0 Å². The van der Waals surface area contributed by atoms with E-state index >= 15 is 0 Å². The second kappa shape index (κ2) is 5.80. The summed E-state index contributed by atoms with van der Waals surface area (Å²) >= 11 is 3.39. The molecule has 2 rings (SSSR count). The van der Waals surface area contributed by atoms with Crippen molar-refractivity contribution in [3.05, 3.63) is 52.8 Å². The first-order chi connectivity index (χ1) is 8.29. The van der Waals surface area contributed by atoms with Crippen molar-refractivity contribution in [1.29, 1.82) is 0 Å². The summed E-state index contributed by atoms with van der Waals surface area (Å²) in [4.78, 5) is 3.98. The molecule has 0 amide bonds. The molecular formula is C13H13BrN2O. The van der Waals surface area contributed by atoms with E-state index in [2.05, 4.69) is 20.9 Å². The van der Waals surface area contributed by atoms with Gasteiger partial charge in [0.15, 0.2) is 0 Å². The lowest BCUT2D eigenvalue weighted by Crippen LogP contribution is -2.02. The maximum Gasteiger partial charge on any atom is 0.144 e.